The number of ether oxygens (including phenoxy) is 1. The SMILES string of the molecule is CCOC(=O)c1cccn1Cc1cc(Cl)ccc1[N+](=O)[O-]. The highest BCUT2D eigenvalue weighted by molar-refractivity contribution is 6.30. The molecule has 0 bridgehead atoms. The van der Waals surface area contributed by atoms with E-state index in [1.54, 1.807) is 29.8 Å². The van der Waals surface area contributed by atoms with Gasteiger partial charge in [-0.3, -0.25) is 10.1 Å². The van der Waals surface area contributed by atoms with Crippen LogP contribution in [0.3, 0.4) is 0 Å². The van der Waals surface area contributed by atoms with E-state index in [-0.39, 0.29) is 18.8 Å². The van der Waals surface area contributed by atoms with Crippen LogP contribution in [0.15, 0.2) is 36.5 Å². The van der Waals surface area contributed by atoms with Crippen molar-refractivity contribution >= 4 is 23.3 Å². The van der Waals surface area contributed by atoms with Gasteiger partial charge in [-0.25, -0.2) is 4.79 Å². The Morgan fingerprint density at radius 1 is 1.43 bits per heavy atom. The first-order valence-electron chi connectivity index (χ1n) is 6.28. The number of esters is 1. The van der Waals surface area contributed by atoms with Gasteiger partial charge >= 0.3 is 5.97 Å². The molecule has 0 saturated carbocycles. The van der Waals surface area contributed by atoms with Crippen LogP contribution in [0.4, 0.5) is 5.69 Å². The predicted octanol–water partition coefficient (Wildman–Crippen LogP) is 3.27. The van der Waals surface area contributed by atoms with Gasteiger partial charge in [-0.1, -0.05) is 11.6 Å². The molecule has 1 aromatic carbocycles. The normalized spacial score (nSPS) is 10.4. The lowest BCUT2D eigenvalue weighted by molar-refractivity contribution is -0.385. The van der Waals surface area contributed by atoms with Crippen molar-refractivity contribution in [3.8, 4) is 0 Å². The Kier molecular flexibility index (Phi) is 4.59. The second kappa shape index (κ2) is 6.41. The molecule has 0 amide bonds. The largest absolute Gasteiger partial charge is 0.461 e. The number of benzene rings is 1. The maximum Gasteiger partial charge on any atom is 0.354 e. The summed E-state index contributed by atoms with van der Waals surface area (Å²) >= 11 is 5.89. The van der Waals surface area contributed by atoms with Crippen molar-refractivity contribution in [2.45, 2.75) is 13.5 Å². The van der Waals surface area contributed by atoms with Gasteiger partial charge in [0.2, 0.25) is 0 Å². The average molecular weight is 309 g/mol. The van der Waals surface area contributed by atoms with Crippen LogP contribution in [-0.2, 0) is 11.3 Å². The van der Waals surface area contributed by atoms with Gasteiger partial charge in [-0.15, -0.1) is 0 Å². The lowest BCUT2D eigenvalue weighted by Crippen LogP contribution is -2.13. The van der Waals surface area contributed by atoms with Crippen LogP contribution in [0, 0.1) is 10.1 Å². The summed E-state index contributed by atoms with van der Waals surface area (Å²) in [7, 11) is 0. The Bertz CT molecular complexity index is 681. The molecule has 0 fully saturated rings. The topological polar surface area (TPSA) is 74.4 Å². The first-order valence-corrected chi connectivity index (χ1v) is 6.65. The maximum atomic E-state index is 11.8. The first kappa shape index (κ1) is 15.1. The van der Waals surface area contributed by atoms with Gasteiger partial charge in [-0.05, 0) is 31.2 Å². The molecule has 0 radical (unpaired) electrons. The number of hydrogen-bond acceptors (Lipinski definition) is 4. The van der Waals surface area contributed by atoms with Crippen LogP contribution >= 0.6 is 11.6 Å². The Morgan fingerprint density at radius 2 is 2.19 bits per heavy atom. The average Bonchev–Trinajstić information content (AvgIpc) is 2.87. The van der Waals surface area contributed by atoms with Crippen molar-refractivity contribution < 1.29 is 14.5 Å². The highest BCUT2D eigenvalue weighted by Gasteiger charge is 2.17. The van der Waals surface area contributed by atoms with Crippen molar-refractivity contribution in [3.63, 3.8) is 0 Å². The summed E-state index contributed by atoms with van der Waals surface area (Å²) in [5, 5.41) is 11.4. The zero-order valence-electron chi connectivity index (χ0n) is 11.3. The van der Waals surface area contributed by atoms with Crippen LogP contribution in [0.2, 0.25) is 5.02 Å². The summed E-state index contributed by atoms with van der Waals surface area (Å²) in [5.74, 6) is -0.466. The van der Waals surface area contributed by atoms with E-state index in [0.29, 0.717) is 16.3 Å². The number of aromatic nitrogens is 1. The van der Waals surface area contributed by atoms with Crippen LogP contribution in [0.25, 0.3) is 0 Å². The highest BCUT2D eigenvalue weighted by Crippen LogP contribution is 2.24. The lowest BCUT2D eigenvalue weighted by Gasteiger charge is -2.09. The minimum Gasteiger partial charge on any atom is -0.461 e. The zero-order chi connectivity index (χ0) is 15.4. The van der Waals surface area contributed by atoms with Crippen LogP contribution in [-0.4, -0.2) is 22.1 Å². The number of carbonyl (C=O) groups excluding carboxylic acids is 1. The molecular weight excluding hydrogens is 296 g/mol. The molecule has 0 aliphatic rings. The number of carbonyl (C=O) groups is 1. The Hall–Kier alpha value is -2.34. The molecule has 1 heterocycles. The molecule has 0 saturated heterocycles. The summed E-state index contributed by atoms with van der Waals surface area (Å²) in [6.07, 6.45) is 1.66. The van der Waals surface area contributed by atoms with Crippen LogP contribution in [0.1, 0.15) is 23.0 Å². The molecule has 0 atom stereocenters. The third-order valence-corrected chi connectivity index (χ3v) is 3.13. The van der Waals surface area contributed by atoms with Crippen LogP contribution in [0.5, 0.6) is 0 Å². The van der Waals surface area contributed by atoms with Gasteiger partial charge in [0, 0.05) is 17.3 Å². The molecule has 6 nitrogen and oxygen atoms in total. The van der Waals surface area contributed by atoms with E-state index >= 15 is 0 Å². The van der Waals surface area contributed by atoms with Gasteiger partial charge in [0.25, 0.3) is 5.69 Å². The fourth-order valence-corrected chi connectivity index (χ4v) is 2.18. The highest BCUT2D eigenvalue weighted by atomic mass is 35.5. The van der Waals surface area contributed by atoms with E-state index < -0.39 is 10.9 Å². The number of nitrogens with zero attached hydrogens (tertiary/aromatic N) is 2. The maximum absolute atomic E-state index is 11.8. The molecule has 110 valence electrons. The monoisotopic (exact) mass is 308 g/mol. The van der Waals surface area contributed by atoms with E-state index in [0.717, 1.165) is 0 Å². The molecule has 1 aromatic heterocycles. The molecule has 21 heavy (non-hydrogen) atoms. The van der Waals surface area contributed by atoms with Gasteiger partial charge in [0.05, 0.1) is 23.6 Å². The van der Waals surface area contributed by atoms with Gasteiger partial charge in [-0.2, -0.15) is 0 Å². The Morgan fingerprint density at radius 3 is 2.86 bits per heavy atom. The molecule has 0 unspecified atom stereocenters. The number of rotatable bonds is 5. The quantitative estimate of drug-likeness (QED) is 0.482. The third-order valence-electron chi connectivity index (χ3n) is 2.89. The lowest BCUT2D eigenvalue weighted by atomic mass is 10.2. The molecule has 7 heteroatoms. The van der Waals surface area contributed by atoms with E-state index in [1.165, 1.54) is 18.2 Å². The molecule has 0 spiro atoms. The van der Waals surface area contributed by atoms with Crippen LogP contribution < -0.4 is 0 Å². The summed E-state index contributed by atoms with van der Waals surface area (Å²) in [4.78, 5) is 22.4. The van der Waals surface area contributed by atoms with Crippen molar-refractivity contribution in [1.82, 2.24) is 4.57 Å². The van der Waals surface area contributed by atoms with Crippen molar-refractivity contribution in [2.75, 3.05) is 6.61 Å². The molecule has 0 aliphatic heterocycles. The molecule has 0 N–H and O–H groups in total. The van der Waals surface area contributed by atoms with Gasteiger partial charge < -0.3 is 9.30 Å². The van der Waals surface area contributed by atoms with E-state index in [1.807, 2.05) is 0 Å². The van der Waals surface area contributed by atoms with E-state index in [9.17, 15) is 14.9 Å². The molecule has 2 rings (SSSR count). The standard InChI is InChI=1S/C14H13ClN2O4/c1-2-21-14(18)13-4-3-7-16(13)9-10-8-11(15)5-6-12(10)17(19)20/h3-8H,2,9H2,1H3. The third kappa shape index (κ3) is 3.41. The summed E-state index contributed by atoms with van der Waals surface area (Å²) in [6.45, 7) is 2.15. The zero-order valence-corrected chi connectivity index (χ0v) is 12.0. The first-order chi connectivity index (χ1) is 10.0. The number of halogens is 1. The van der Waals surface area contributed by atoms with E-state index in [2.05, 4.69) is 0 Å². The number of nitro benzene ring substituents is 1. The number of hydrogen-bond donors (Lipinski definition) is 0. The minimum absolute atomic E-state index is 0.0390. The Labute approximate surface area is 126 Å². The summed E-state index contributed by atoms with van der Waals surface area (Å²) < 4.78 is 6.54. The second-order valence-electron chi connectivity index (χ2n) is 4.27. The minimum atomic E-state index is -0.473. The molecule has 2 aromatic rings. The van der Waals surface area contributed by atoms with Gasteiger partial charge in [0.1, 0.15) is 5.69 Å². The smallest absolute Gasteiger partial charge is 0.354 e. The molecular formula is C14H13ClN2O4. The summed E-state index contributed by atoms with van der Waals surface area (Å²) in [5.41, 5.74) is 0.725. The van der Waals surface area contributed by atoms with E-state index in [4.69, 9.17) is 16.3 Å². The predicted molar refractivity (Wildman–Crippen MR) is 77.6 cm³/mol. The van der Waals surface area contributed by atoms with Crippen molar-refractivity contribution in [1.29, 1.82) is 0 Å². The van der Waals surface area contributed by atoms with Crippen molar-refractivity contribution in [3.05, 3.63) is 62.9 Å². The second-order valence-corrected chi connectivity index (χ2v) is 4.71. The fourth-order valence-electron chi connectivity index (χ4n) is 1.98. The molecule has 0 aliphatic carbocycles. The van der Waals surface area contributed by atoms with Crippen molar-refractivity contribution in [2.24, 2.45) is 0 Å². The fraction of sp³-hybridized carbons (Fsp3) is 0.214. The number of nitro groups is 1. The Balaban J connectivity index is 2.35. The summed E-state index contributed by atoms with van der Waals surface area (Å²) in [6, 6.07) is 7.63. The van der Waals surface area contributed by atoms with Gasteiger partial charge in [0.15, 0.2) is 0 Å².